The summed E-state index contributed by atoms with van der Waals surface area (Å²) in [7, 11) is 2.91. The number of nitrogens with zero attached hydrogens (tertiary/aromatic N) is 3. The van der Waals surface area contributed by atoms with Crippen LogP contribution in [0.3, 0.4) is 0 Å². The molecule has 11 heteroatoms. The number of carbonyl (C=O) groups excluding carboxylic acids is 2. The fourth-order valence-corrected chi connectivity index (χ4v) is 4.07. The van der Waals surface area contributed by atoms with Crippen LogP contribution in [0.2, 0.25) is 0 Å². The molecule has 178 valence electrons. The molecule has 0 radical (unpaired) electrons. The number of carbonyl (C=O) groups is 2. The van der Waals surface area contributed by atoms with Crippen molar-refractivity contribution in [2.24, 2.45) is 0 Å². The zero-order chi connectivity index (χ0) is 24.7. The quantitative estimate of drug-likeness (QED) is 0.343. The Kier molecular flexibility index (Phi) is 5.98. The van der Waals surface area contributed by atoms with Crippen molar-refractivity contribution < 1.29 is 31.9 Å². The van der Waals surface area contributed by atoms with Gasteiger partial charge in [-0.05, 0) is 37.4 Å². The van der Waals surface area contributed by atoms with Crippen LogP contribution in [-0.2, 0) is 11.0 Å². The Bertz CT molecular complexity index is 1250. The van der Waals surface area contributed by atoms with Crippen LogP contribution in [0.5, 0.6) is 11.6 Å². The number of likely N-dealkylation sites (N-methyl/N-ethyl adjacent to an activating group) is 2. The molecule has 2 aromatic heterocycles. The molecule has 0 bridgehead atoms. The van der Waals surface area contributed by atoms with E-state index in [0.29, 0.717) is 22.8 Å². The van der Waals surface area contributed by atoms with Crippen molar-refractivity contribution in [3.8, 4) is 11.6 Å². The zero-order valence-electron chi connectivity index (χ0n) is 18.2. The van der Waals surface area contributed by atoms with Crippen LogP contribution < -0.4 is 10.1 Å². The Labute approximate surface area is 191 Å². The van der Waals surface area contributed by atoms with E-state index in [0.717, 1.165) is 12.1 Å². The first-order valence-electron chi connectivity index (χ1n) is 10.3. The van der Waals surface area contributed by atoms with Crippen LogP contribution in [0.1, 0.15) is 22.5 Å². The molecule has 3 aromatic rings. The van der Waals surface area contributed by atoms with Crippen molar-refractivity contribution in [3.05, 3.63) is 59.9 Å². The maximum atomic E-state index is 14.1. The molecular weight excluding hydrogens is 456 g/mol. The molecule has 1 fully saturated rings. The molecule has 4 rings (SSSR count). The largest absolute Gasteiger partial charge is 0.439 e. The molecule has 1 saturated heterocycles. The standard InChI is InChI=1S/C23H20F4N4O3/c1-28-21(33)22(10-15(24)12-31(22)2)20(32)18-6-3-13-9-16(5-7-17(13)30-18)34-19-8-4-14(11-29-19)23(25,26)27/h3-9,11,15H,10,12H2,1-2H3,(H,28,33)/t15-,22-/m1/s1. The van der Waals surface area contributed by atoms with E-state index >= 15 is 0 Å². The lowest BCUT2D eigenvalue weighted by molar-refractivity contribution is -0.137. The van der Waals surface area contributed by atoms with Crippen LogP contribution in [0.15, 0.2) is 48.7 Å². The topological polar surface area (TPSA) is 84.4 Å². The number of hydrogen-bond acceptors (Lipinski definition) is 6. The number of fused-ring (bicyclic) bond motifs is 1. The third-order valence-electron chi connectivity index (χ3n) is 5.80. The van der Waals surface area contributed by atoms with E-state index in [-0.39, 0.29) is 24.5 Å². The van der Waals surface area contributed by atoms with Crippen LogP contribution in [-0.4, -0.2) is 58.9 Å². The SMILES string of the molecule is CNC(=O)[C@]1(C(=O)c2ccc3cc(Oc4ccc(C(F)(F)F)cn4)ccc3n2)C[C@@H](F)CN1C. The molecule has 1 aliphatic rings. The molecule has 1 aliphatic heterocycles. The highest BCUT2D eigenvalue weighted by molar-refractivity contribution is 6.17. The van der Waals surface area contributed by atoms with Gasteiger partial charge in [0, 0.05) is 37.7 Å². The Morgan fingerprint density at radius 1 is 1.18 bits per heavy atom. The van der Waals surface area contributed by atoms with Gasteiger partial charge in [0.2, 0.25) is 17.6 Å². The van der Waals surface area contributed by atoms with Crippen molar-refractivity contribution in [2.45, 2.75) is 24.3 Å². The first kappa shape index (κ1) is 23.6. The second-order valence-corrected chi connectivity index (χ2v) is 7.99. The minimum absolute atomic E-state index is 0.00937. The van der Waals surface area contributed by atoms with Gasteiger partial charge >= 0.3 is 6.18 Å². The van der Waals surface area contributed by atoms with Gasteiger partial charge in [-0.25, -0.2) is 14.4 Å². The molecular formula is C23H20F4N4O3. The molecule has 1 aromatic carbocycles. The first-order valence-corrected chi connectivity index (χ1v) is 10.3. The van der Waals surface area contributed by atoms with Gasteiger partial charge in [-0.2, -0.15) is 13.2 Å². The number of hydrogen-bond donors (Lipinski definition) is 1. The van der Waals surface area contributed by atoms with Crippen LogP contribution >= 0.6 is 0 Å². The highest BCUT2D eigenvalue weighted by Crippen LogP contribution is 2.34. The average Bonchev–Trinajstić information content (AvgIpc) is 3.12. The second-order valence-electron chi connectivity index (χ2n) is 7.99. The number of likely N-dealkylation sites (tertiary alicyclic amines) is 1. The Morgan fingerprint density at radius 2 is 1.94 bits per heavy atom. The number of ether oxygens (including phenoxy) is 1. The number of pyridine rings is 2. The van der Waals surface area contributed by atoms with Gasteiger partial charge in [0.15, 0.2) is 5.54 Å². The van der Waals surface area contributed by atoms with Crippen molar-refractivity contribution >= 4 is 22.6 Å². The summed E-state index contributed by atoms with van der Waals surface area (Å²) in [6.45, 7) is -0.0502. The summed E-state index contributed by atoms with van der Waals surface area (Å²) in [6, 6.07) is 9.69. The molecule has 0 aliphatic carbocycles. The molecule has 3 heterocycles. The summed E-state index contributed by atoms with van der Waals surface area (Å²) in [5.74, 6) is -0.927. The molecule has 7 nitrogen and oxygen atoms in total. The van der Waals surface area contributed by atoms with Crippen molar-refractivity contribution in [1.29, 1.82) is 0 Å². The molecule has 2 atom stereocenters. The number of aromatic nitrogens is 2. The third-order valence-corrected chi connectivity index (χ3v) is 5.80. The van der Waals surface area contributed by atoms with E-state index in [1.807, 2.05) is 0 Å². The molecule has 0 unspecified atom stereocenters. The summed E-state index contributed by atoms with van der Waals surface area (Å²) < 4.78 is 57.7. The van der Waals surface area contributed by atoms with Crippen molar-refractivity contribution in [2.75, 3.05) is 20.6 Å². The molecule has 0 spiro atoms. The number of nitrogens with one attached hydrogen (secondary N) is 1. The Morgan fingerprint density at radius 3 is 2.53 bits per heavy atom. The number of amides is 1. The smallest absolute Gasteiger partial charge is 0.417 e. The van der Waals surface area contributed by atoms with E-state index in [9.17, 15) is 27.2 Å². The van der Waals surface area contributed by atoms with Crippen LogP contribution in [0.25, 0.3) is 10.9 Å². The van der Waals surface area contributed by atoms with E-state index in [1.54, 1.807) is 18.2 Å². The summed E-state index contributed by atoms with van der Waals surface area (Å²) in [5.41, 5.74) is -2.15. The normalized spacial score (nSPS) is 20.9. The van der Waals surface area contributed by atoms with E-state index in [4.69, 9.17) is 4.74 Å². The first-order chi connectivity index (χ1) is 16.0. The highest BCUT2D eigenvalue weighted by atomic mass is 19.4. The van der Waals surface area contributed by atoms with Gasteiger partial charge in [-0.1, -0.05) is 6.07 Å². The number of halogens is 4. The van der Waals surface area contributed by atoms with Crippen LogP contribution in [0, 0.1) is 0 Å². The maximum Gasteiger partial charge on any atom is 0.417 e. The fourth-order valence-electron chi connectivity index (χ4n) is 4.07. The van der Waals surface area contributed by atoms with E-state index in [2.05, 4.69) is 15.3 Å². The summed E-state index contributed by atoms with van der Waals surface area (Å²) in [5, 5.41) is 3.03. The van der Waals surface area contributed by atoms with Gasteiger partial charge < -0.3 is 10.1 Å². The van der Waals surface area contributed by atoms with Crippen LogP contribution in [0.4, 0.5) is 17.6 Å². The van der Waals surface area contributed by atoms with Gasteiger partial charge in [-0.15, -0.1) is 0 Å². The molecule has 34 heavy (non-hydrogen) atoms. The number of Topliss-reactive ketones (excluding diaryl/α,β-unsaturated/α-hetero) is 1. The summed E-state index contributed by atoms with van der Waals surface area (Å²) >= 11 is 0. The maximum absolute atomic E-state index is 14.1. The highest BCUT2D eigenvalue weighted by Gasteiger charge is 2.55. The van der Waals surface area contributed by atoms with Gasteiger partial charge in [0.1, 0.15) is 17.6 Å². The minimum atomic E-state index is -4.50. The number of benzene rings is 1. The summed E-state index contributed by atoms with van der Waals surface area (Å²) in [6.07, 6.45) is -5.41. The third kappa shape index (κ3) is 4.18. The zero-order valence-corrected chi connectivity index (χ0v) is 18.2. The fraction of sp³-hybridized carbons (Fsp3) is 0.304. The molecule has 1 N–H and O–H groups in total. The predicted molar refractivity (Wildman–Crippen MR) is 114 cm³/mol. The number of ketones is 1. The lowest BCUT2D eigenvalue weighted by Gasteiger charge is -2.31. The van der Waals surface area contributed by atoms with Crippen molar-refractivity contribution in [3.63, 3.8) is 0 Å². The molecule has 0 saturated carbocycles. The van der Waals surface area contributed by atoms with Gasteiger partial charge in [0.25, 0.3) is 0 Å². The second kappa shape index (κ2) is 8.64. The number of rotatable bonds is 5. The monoisotopic (exact) mass is 476 g/mol. The predicted octanol–water partition coefficient (Wildman–Crippen LogP) is 3.78. The van der Waals surface area contributed by atoms with E-state index < -0.39 is 35.1 Å². The van der Waals surface area contributed by atoms with E-state index in [1.165, 1.54) is 31.1 Å². The lowest BCUT2D eigenvalue weighted by Crippen LogP contribution is -2.59. The average molecular weight is 476 g/mol. The molecule has 1 amide bonds. The Balaban J connectivity index is 1.60. The lowest BCUT2D eigenvalue weighted by atomic mass is 9.87. The van der Waals surface area contributed by atoms with Crippen molar-refractivity contribution in [1.82, 2.24) is 20.2 Å². The summed E-state index contributed by atoms with van der Waals surface area (Å²) in [4.78, 5) is 35.4. The Hall–Kier alpha value is -3.60. The number of alkyl halides is 4. The van der Waals surface area contributed by atoms with Gasteiger partial charge in [0.05, 0.1) is 11.1 Å². The minimum Gasteiger partial charge on any atom is -0.439 e. The van der Waals surface area contributed by atoms with Gasteiger partial charge in [-0.3, -0.25) is 14.5 Å².